The van der Waals surface area contributed by atoms with Gasteiger partial charge in [-0.2, -0.15) is 0 Å². The van der Waals surface area contributed by atoms with Crippen molar-refractivity contribution in [1.29, 1.82) is 0 Å². The number of nitrogens with zero attached hydrogens (tertiary/aromatic N) is 4. The summed E-state index contributed by atoms with van der Waals surface area (Å²) in [7, 11) is 0. The van der Waals surface area contributed by atoms with E-state index in [1.807, 2.05) is 6.92 Å². The van der Waals surface area contributed by atoms with Crippen molar-refractivity contribution in [2.75, 3.05) is 19.0 Å². The summed E-state index contributed by atoms with van der Waals surface area (Å²) in [6, 6.07) is 0. The van der Waals surface area contributed by atoms with Crippen molar-refractivity contribution < 1.29 is 19.1 Å². The van der Waals surface area contributed by atoms with Gasteiger partial charge >= 0.3 is 11.9 Å². The van der Waals surface area contributed by atoms with Crippen LogP contribution >= 0.6 is 11.8 Å². The van der Waals surface area contributed by atoms with Crippen molar-refractivity contribution in [2.45, 2.75) is 38.3 Å². The number of esters is 2. The van der Waals surface area contributed by atoms with E-state index in [9.17, 15) is 9.59 Å². The first-order valence-corrected chi connectivity index (χ1v) is 8.74. The minimum Gasteiger partial charge on any atom is -0.465 e. The van der Waals surface area contributed by atoms with Gasteiger partial charge in [0.05, 0.1) is 25.3 Å². The van der Waals surface area contributed by atoms with Crippen LogP contribution in [-0.2, 0) is 25.6 Å². The number of hydrogen-bond acceptors (Lipinski definition) is 8. The molecule has 0 amide bonds. The standard InChI is InChI=1S/C15H20N4O4S/c1-3-5-6-23-12(21)8-24-15-13-14(16-9-17-15)19(10-18-13)7-11(20)22-4-2/h9-10H,3-8H2,1-2H3. The van der Waals surface area contributed by atoms with E-state index in [2.05, 4.69) is 15.0 Å². The molecule has 2 aromatic rings. The van der Waals surface area contributed by atoms with E-state index in [4.69, 9.17) is 9.47 Å². The Morgan fingerprint density at radius 1 is 1.17 bits per heavy atom. The highest BCUT2D eigenvalue weighted by molar-refractivity contribution is 8.00. The molecule has 0 saturated heterocycles. The zero-order valence-corrected chi connectivity index (χ0v) is 14.5. The van der Waals surface area contributed by atoms with Gasteiger partial charge in [-0.15, -0.1) is 0 Å². The van der Waals surface area contributed by atoms with Crippen LogP contribution in [0.2, 0.25) is 0 Å². The van der Waals surface area contributed by atoms with Crippen molar-refractivity contribution in [3.05, 3.63) is 12.7 Å². The molecule has 0 aromatic carbocycles. The summed E-state index contributed by atoms with van der Waals surface area (Å²) in [6.45, 7) is 4.57. The number of aromatic nitrogens is 4. The Bertz CT molecular complexity index is 704. The smallest absolute Gasteiger partial charge is 0.326 e. The SMILES string of the molecule is CCCCOC(=O)CSc1ncnc2c1ncn2CC(=O)OCC. The highest BCUT2D eigenvalue weighted by Gasteiger charge is 2.14. The summed E-state index contributed by atoms with van der Waals surface area (Å²) in [4.78, 5) is 35.8. The molecule has 8 nitrogen and oxygen atoms in total. The average molecular weight is 352 g/mol. The lowest BCUT2D eigenvalue weighted by Crippen LogP contribution is -2.13. The number of hydrogen-bond donors (Lipinski definition) is 0. The quantitative estimate of drug-likeness (QED) is 0.292. The minimum atomic E-state index is -0.357. The molecule has 0 bridgehead atoms. The molecule has 2 aromatic heterocycles. The van der Waals surface area contributed by atoms with Gasteiger partial charge in [-0.25, -0.2) is 15.0 Å². The van der Waals surface area contributed by atoms with Crippen LogP contribution in [0.1, 0.15) is 26.7 Å². The summed E-state index contributed by atoms with van der Waals surface area (Å²) in [6.07, 6.45) is 4.73. The van der Waals surface area contributed by atoms with Crippen molar-refractivity contribution in [1.82, 2.24) is 19.5 Å². The molecule has 0 atom stereocenters. The zero-order valence-electron chi connectivity index (χ0n) is 13.7. The molecule has 0 radical (unpaired) electrons. The summed E-state index contributed by atoms with van der Waals surface area (Å²) >= 11 is 1.24. The van der Waals surface area contributed by atoms with Crippen LogP contribution in [0.4, 0.5) is 0 Å². The van der Waals surface area contributed by atoms with Gasteiger partial charge in [0.2, 0.25) is 0 Å². The van der Waals surface area contributed by atoms with Gasteiger partial charge in [0.1, 0.15) is 23.4 Å². The molecule has 130 valence electrons. The van der Waals surface area contributed by atoms with Gasteiger partial charge < -0.3 is 14.0 Å². The number of fused-ring (bicyclic) bond motifs is 1. The summed E-state index contributed by atoms with van der Waals surface area (Å²) in [5.74, 6) is -0.490. The molecule has 0 aliphatic heterocycles. The van der Waals surface area contributed by atoms with E-state index in [-0.39, 0.29) is 24.2 Å². The number of imidazole rings is 1. The topological polar surface area (TPSA) is 96.2 Å². The van der Waals surface area contributed by atoms with Crippen molar-refractivity contribution in [3.63, 3.8) is 0 Å². The third kappa shape index (κ3) is 4.92. The molecule has 0 fully saturated rings. The van der Waals surface area contributed by atoms with Crippen LogP contribution in [0.25, 0.3) is 11.2 Å². The highest BCUT2D eigenvalue weighted by atomic mass is 32.2. The first kappa shape index (κ1) is 18.2. The average Bonchev–Trinajstić information content (AvgIpc) is 2.97. The summed E-state index contributed by atoms with van der Waals surface area (Å²) < 4.78 is 11.6. The molecule has 9 heteroatoms. The van der Waals surface area contributed by atoms with Gasteiger partial charge in [0.15, 0.2) is 5.65 Å². The van der Waals surface area contributed by atoms with E-state index in [1.165, 1.54) is 24.4 Å². The highest BCUT2D eigenvalue weighted by Crippen LogP contribution is 2.23. The fraction of sp³-hybridized carbons (Fsp3) is 0.533. The summed E-state index contributed by atoms with van der Waals surface area (Å²) in [5, 5.41) is 0.579. The molecule has 0 spiro atoms. The molecule has 2 rings (SSSR count). The molecule has 0 aliphatic carbocycles. The van der Waals surface area contributed by atoms with Gasteiger partial charge in [-0.3, -0.25) is 9.59 Å². The summed E-state index contributed by atoms with van der Waals surface area (Å²) in [5.41, 5.74) is 1.08. The Kier molecular flexibility index (Phi) is 6.98. The third-order valence-electron chi connectivity index (χ3n) is 3.06. The second kappa shape index (κ2) is 9.21. The van der Waals surface area contributed by atoms with Crippen LogP contribution in [0.5, 0.6) is 0 Å². The maximum Gasteiger partial charge on any atom is 0.326 e. The monoisotopic (exact) mass is 352 g/mol. The van der Waals surface area contributed by atoms with Crippen LogP contribution < -0.4 is 0 Å². The van der Waals surface area contributed by atoms with Crippen molar-refractivity contribution in [2.24, 2.45) is 0 Å². The predicted octanol–water partition coefficient (Wildman–Crippen LogP) is 1.82. The molecular formula is C15H20N4O4S. The first-order chi connectivity index (χ1) is 11.7. The van der Waals surface area contributed by atoms with Crippen molar-refractivity contribution in [3.8, 4) is 0 Å². The molecule has 0 unspecified atom stereocenters. The molecule has 0 N–H and O–H groups in total. The maximum absolute atomic E-state index is 11.7. The molecule has 0 saturated carbocycles. The Balaban J connectivity index is 2.02. The number of thioether (sulfide) groups is 1. The first-order valence-electron chi connectivity index (χ1n) is 7.75. The second-order valence-corrected chi connectivity index (χ2v) is 5.86. The number of carbonyl (C=O) groups excluding carboxylic acids is 2. The molecule has 2 heterocycles. The van der Waals surface area contributed by atoms with Crippen LogP contribution in [0.3, 0.4) is 0 Å². The van der Waals surface area contributed by atoms with Gasteiger partial charge in [-0.05, 0) is 13.3 Å². The lowest BCUT2D eigenvalue weighted by atomic mass is 10.4. The third-order valence-corrected chi connectivity index (χ3v) is 4.01. The fourth-order valence-electron chi connectivity index (χ4n) is 1.93. The van der Waals surface area contributed by atoms with Gasteiger partial charge in [0, 0.05) is 0 Å². The Morgan fingerprint density at radius 3 is 2.75 bits per heavy atom. The second-order valence-electron chi connectivity index (χ2n) is 4.89. The van der Waals surface area contributed by atoms with E-state index in [0.717, 1.165) is 12.8 Å². The van der Waals surface area contributed by atoms with Crippen LogP contribution in [-0.4, -0.2) is 50.4 Å². The number of carbonyl (C=O) groups is 2. The number of unbranched alkanes of at least 4 members (excludes halogenated alkanes) is 1. The van der Waals surface area contributed by atoms with E-state index in [1.54, 1.807) is 11.5 Å². The largest absolute Gasteiger partial charge is 0.465 e. The Morgan fingerprint density at radius 2 is 2.00 bits per heavy atom. The van der Waals surface area contributed by atoms with Gasteiger partial charge in [0.25, 0.3) is 0 Å². The lowest BCUT2D eigenvalue weighted by molar-refractivity contribution is -0.144. The van der Waals surface area contributed by atoms with E-state index >= 15 is 0 Å². The zero-order chi connectivity index (χ0) is 17.4. The van der Waals surface area contributed by atoms with Crippen LogP contribution in [0.15, 0.2) is 17.7 Å². The predicted molar refractivity (Wildman–Crippen MR) is 88.5 cm³/mol. The lowest BCUT2D eigenvalue weighted by Gasteiger charge is -2.05. The molecule has 0 aliphatic rings. The van der Waals surface area contributed by atoms with Gasteiger partial charge in [-0.1, -0.05) is 25.1 Å². The van der Waals surface area contributed by atoms with Crippen molar-refractivity contribution >= 4 is 34.9 Å². The Labute approximate surface area is 144 Å². The number of ether oxygens (including phenoxy) is 2. The molecular weight excluding hydrogens is 332 g/mol. The Hall–Kier alpha value is -2.16. The molecule has 24 heavy (non-hydrogen) atoms. The number of rotatable bonds is 9. The minimum absolute atomic E-state index is 0.0323. The van der Waals surface area contributed by atoms with E-state index < -0.39 is 0 Å². The van der Waals surface area contributed by atoms with Crippen LogP contribution in [0, 0.1) is 0 Å². The fourth-order valence-corrected chi connectivity index (χ4v) is 2.67. The normalized spacial score (nSPS) is 10.8. The maximum atomic E-state index is 11.7. The van der Waals surface area contributed by atoms with E-state index in [0.29, 0.717) is 29.4 Å².